The summed E-state index contributed by atoms with van der Waals surface area (Å²) >= 11 is 0. The predicted octanol–water partition coefficient (Wildman–Crippen LogP) is -1.56. The van der Waals surface area contributed by atoms with Crippen LogP contribution in [0.25, 0.3) is 0 Å². The Morgan fingerprint density at radius 2 is 1.85 bits per heavy atom. The first-order valence-electron chi connectivity index (χ1n) is 3.77. The highest BCUT2D eigenvalue weighted by molar-refractivity contribution is 5.67. The quantitative estimate of drug-likeness (QED) is 0.423. The summed E-state index contributed by atoms with van der Waals surface area (Å²) in [6.45, 7) is 1.30. The molecule has 0 aromatic heterocycles. The van der Waals surface area contributed by atoms with E-state index in [1.807, 2.05) is 0 Å². The van der Waals surface area contributed by atoms with Crippen molar-refractivity contribution in [3.05, 3.63) is 0 Å². The summed E-state index contributed by atoms with van der Waals surface area (Å²) in [5.74, 6) is -0.915. The van der Waals surface area contributed by atoms with Gasteiger partial charge in [0.25, 0.3) is 0 Å². The summed E-state index contributed by atoms with van der Waals surface area (Å²) in [7, 11) is 0. The van der Waals surface area contributed by atoms with Gasteiger partial charge in [-0.25, -0.2) is 4.79 Å². The molecular weight excluding hydrogens is 180 g/mol. The first-order chi connectivity index (χ1) is 6.08. The molecule has 0 saturated heterocycles. The van der Waals surface area contributed by atoms with E-state index in [9.17, 15) is 4.79 Å². The number of carboxylic acid groups (broad SMARTS) is 1. The van der Waals surface area contributed by atoms with Gasteiger partial charge in [-0.15, -0.1) is 0 Å². The largest absolute Gasteiger partial charge is 0.480 e. The van der Waals surface area contributed by atoms with Gasteiger partial charge in [0, 0.05) is 6.61 Å². The summed E-state index contributed by atoms with van der Waals surface area (Å²) in [4.78, 5) is 9.63. The Kier molecular flexibility index (Phi) is 12.9. The van der Waals surface area contributed by atoms with E-state index in [4.69, 9.17) is 20.4 Å². The molecule has 13 heavy (non-hydrogen) atoms. The van der Waals surface area contributed by atoms with Gasteiger partial charge >= 0.3 is 5.97 Å². The van der Waals surface area contributed by atoms with E-state index in [1.54, 1.807) is 6.92 Å². The highest BCUT2D eigenvalue weighted by atomic mass is 16.5. The molecule has 6 nitrogen and oxygen atoms in total. The Hall–Kier alpha value is -0.690. The number of aliphatic hydroxyl groups excluding tert-OH is 3. The minimum Gasteiger partial charge on any atom is -0.480 e. The molecule has 0 amide bonds. The summed E-state index contributed by atoms with van der Waals surface area (Å²) in [6, 6.07) is 0. The van der Waals surface area contributed by atoms with Crippen LogP contribution in [-0.4, -0.2) is 58.9 Å². The average molecular weight is 196 g/mol. The van der Waals surface area contributed by atoms with Crippen LogP contribution >= 0.6 is 0 Å². The van der Waals surface area contributed by atoms with Crippen LogP contribution in [0.2, 0.25) is 0 Å². The van der Waals surface area contributed by atoms with Gasteiger partial charge in [-0.05, 0) is 6.92 Å². The van der Waals surface area contributed by atoms with Crippen LogP contribution in [0.5, 0.6) is 0 Å². The minimum atomic E-state index is -0.954. The number of rotatable bonds is 5. The Balaban J connectivity index is 0. The highest BCUT2D eigenvalue weighted by Gasteiger charge is 1.93. The number of hydrogen-bond donors (Lipinski definition) is 4. The van der Waals surface area contributed by atoms with Crippen LogP contribution in [-0.2, 0) is 9.53 Å². The zero-order valence-corrected chi connectivity index (χ0v) is 7.51. The standard InChI is InChI=1S/C4H8O3.C3H8O3/c1-2-7-3-4(5)6;4-1-3(6)2-5/h2-3H2,1H3,(H,5,6);3-6H,1-2H2. The molecule has 0 aromatic rings. The third kappa shape index (κ3) is 18.3. The molecule has 0 atom stereocenters. The zero-order chi connectivity index (χ0) is 10.7. The van der Waals surface area contributed by atoms with E-state index in [1.165, 1.54) is 0 Å². The number of aliphatic carboxylic acids is 1. The molecule has 0 fully saturated rings. The number of carboxylic acids is 1. The van der Waals surface area contributed by atoms with Crippen molar-refractivity contribution in [2.24, 2.45) is 0 Å². The lowest BCUT2D eigenvalue weighted by Crippen LogP contribution is -2.15. The Labute approximate surface area is 76.4 Å². The second-order valence-corrected chi connectivity index (χ2v) is 2.05. The fourth-order valence-electron chi connectivity index (χ4n) is 0.247. The third-order valence-electron chi connectivity index (χ3n) is 0.851. The molecule has 6 heteroatoms. The topological polar surface area (TPSA) is 107 Å². The van der Waals surface area contributed by atoms with Crippen LogP contribution < -0.4 is 0 Å². The zero-order valence-electron chi connectivity index (χ0n) is 7.51. The molecule has 4 N–H and O–H groups in total. The SMILES string of the molecule is CCOCC(=O)O.OCC(O)CO. The second kappa shape index (κ2) is 11.3. The van der Waals surface area contributed by atoms with Gasteiger partial charge in [-0.1, -0.05) is 0 Å². The normalized spacial score (nSPS) is 9.31. The van der Waals surface area contributed by atoms with Crippen molar-refractivity contribution in [1.82, 2.24) is 0 Å². The first-order valence-corrected chi connectivity index (χ1v) is 3.77. The van der Waals surface area contributed by atoms with Crippen molar-refractivity contribution < 1.29 is 30.0 Å². The van der Waals surface area contributed by atoms with E-state index in [-0.39, 0.29) is 19.8 Å². The highest BCUT2D eigenvalue weighted by Crippen LogP contribution is 1.71. The number of ether oxygens (including phenoxy) is 1. The molecule has 0 aliphatic rings. The van der Waals surface area contributed by atoms with Gasteiger partial charge < -0.3 is 25.2 Å². The molecule has 0 radical (unpaired) electrons. The Morgan fingerprint density at radius 3 is 1.92 bits per heavy atom. The van der Waals surface area contributed by atoms with Crippen LogP contribution in [0, 0.1) is 0 Å². The summed E-state index contributed by atoms with van der Waals surface area (Å²) in [6.07, 6.45) is -0.954. The number of aliphatic hydroxyl groups is 3. The third-order valence-corrected chi connectivity index (χ3v) is 0.851. The van der Waals surface area contributed by atoms with Crippen molar-refractivity contribution in [2.45, 2.75) is 13.0 Å². The van der Waals surface area contributed by atoms with Crippen molar-refractivity contribution in [3.63, 3.8) is 0 Å². The molecule has 0 aromatic carbocycles. The molecule has 0 aliphatic heterocycles. The van der Waals surface area contributed by atoms with Crippen molar-refractivity contribution in [3.8, 4) is 0 Å². The molecule has 0 bridgehead atoms. The smallest absolute Gasteiger partial charge is 0.329 e. The maximum Gasteiger partial charge on any atom is 0.329 e. The van der Waals surface area contributed by atoms with E-state index < -0.39 is 12.1 Å². The summed E-state index contributed by atoms with van der Waals surface area (Å²) < 4.78 is 4.50. The second-order valence-electron chi connectivity index (χ2n) is 2.05. The summed E-state index contributed by atoms with van der Waals surface area (Å²) in [5, 5.41) is 31.9. The van der Waals surface area contributed by atoms with Gasteiger partial charge in [-0.2, -0.15) is 0 Å². The maximum atomic E-state index is 9.63. The number of hydrogen-bond acceptors (Lipinski definition) is 5. The first kappa shape index (κ1) is 14.8. The van der Waals surface area contributed by atoms with Crippen LogP contribution in [0.4, 0.5) is 0 Å². The van der Waals surface area contributed by atoms with Crippen molar-refractivity contribution >= 4 is 5.97 Å². The van der Waals surface area contributed by atoms with E-state index in [0.29, 0.717) is 6.61 Å². The van der Waals surface area contributed by atoms with Crippen molar-refractivity contribution in [2.75, 3.05) is 26.4 Å². The predicted molar refractivity (Wildman–Crippen MR) is 44.3 cm³/mol. The number of carbonyl (C=O) groups is 1. The van der Waals surface area contributed by atoms with E-state index in [2.05, 4.69) is 4.74 Å². The monoisotopic (exact) mass is 196 g/mol. The lowest BCUT2D eigenvalue weighted by molar-refractivity contribution is -0.142. The molecule has 0 heterocycles. The fraction of sp³-hybridized carbons (Fsp3) is 0.857. The van der Waals surface area contributed by atoms with E-state index >= 15 is 0 Å². The van der Waals surface area contributed by atoms with Crippen LogP contribution in [0.3, 0.4) is 0 Å². The van der Waals surface area contributed by atoms with E-state index in [0.717, 1.165) is 0 Å². The lowest BCUT2D eigenvalue weighted by atomic mass is 10.4. The van der Waals surface area contributed by atoms with Gasteiger partial charge in [0.2, 0.25) is 0 Å². The van der Waals surface area contributed by atoms with Gasteiger partial charge in [0.15, 0.2) is 0 Å². The molecule has 0 saturated carbocycles. The Bertz CT molecular complexity index is 112. The summed E-state index contributed by atoms with van der Waals surface area (Å²) in [5.41, 5.74) is 0. The Morgan fingerprint density at radius 1 is 1.38 bits per heavy atom. The minimum absolute atomic E-state index is 0.184. The van der Waals surface area contributed by atoms with Crippen molar-refractivity contribution in [1.29, 1.82) is 0 Å². The van der Waals surface area contributed by atoms with Crippen LogP contribution in [0.15, 0.2) is 0 Å². The van der Waals surface area contributed by atoms with Crippen LogP contribution in [0.1, 0.15) is 6.92 Å². The fourth-order valence-corrected chi connectivity index (χ4v) is 0.247. The molecule has 0 rings (SSSR count). The maximum absolute atomic E-state index is 9.63. The van der Waals surface area contributed by atoms with Gasteiger partial charge in [0.05, 0.1) is 13.2 Å². The molecule has 0 unspecified atom stereocenters. The molecule has 80 valence electrons. The van der Waals surface area contributed by atoms with Gasteiger partial charge in [-0.3, -0.25) is 0 Å². The molecule has 0 aliphatic carbocycles. The molecule has 0 spiro atoms. The van der Waals surface area contributed by atoms with Gasteiger partial charge in [0.1, 0.15) is 12.7 Å². The average Bonchev–Trinajstić information content (AvgIpc) is 2.14. The molecular formula is C7H16O6. The lowest BCUT2D eigenvalue weighted by Gasteiger charge is -1.96.